The Morgan fingerprint density at radius 2 is 2.05 bits per heavy atom. The van der Waals surface area contributed by atoms with Gasteiger partial charge in [-0.05, 0) is 35.7 Å². The molecule has 3 nitrogen and oxygen atoms in total. The monoisotopic (exact) mass is 278 g/mol. The summed E-state index contributed by atoms with van der Waals surface area (Å²) in [6.07, 6.45) is 0. The molecule has 0 aliphatic rings. The number of methoxy groups -OCH3 is 1. The first-order chi connectivity index (χ1) is 8.82. The molecule has 104 valence electrons. The van der Waals surface area contributed by atoms with E-state index in [1.807, 2.05) is 12.1 Å². The van der Waals surface area contributed by atoms with Gasteiger partial charge in [0.25, 0.3) is 0 Å². The zero-order chi connectivity index (χ0) is 14.2. The van der Waals surface area contributed by atoms with Crippen molar-refractivity contribution in [2.45, 2.75) is 34.2 Å². The molecule has 0 aliphatic heterocycles. The molecule has 1 aromatic heterocycles. The van der Waals surface area contributed by atoms with Gasteiger partial charge in [0.2, 0.25) is 0 Å². The quantitative estimate of drug-likeness (QED) is 0.844. The van der Waals surface area contributed by atoms with Crippen LogP contribution in [0, 0.1) is 16.1 Å². The summed E-state index contributed by atoms with van der Waals surface area (Å²) in [6.45, 7) is 9.98. The minimum atomic E-state index is 0.269. The van der Waals surface area contributed by atoms with Gasteiger partial charge in [0, 0.05) is 12.6 Å². The SMILES string of the molecule is COc1ccc2c(c1)[nH]c(=S)n2CC(C)C(C)(C)C. The molecule has 0 radical (unpaired) electrons. The zero-order valence-corrected chi connectivity index (χ0v) is 13.1. The molecule has 0 saturated carbocycles. The smallest absolute Gasteiger partial charge is 0.178 e. The van der Waals surface area contributed by atoms with Gasteiger partial charge >= 0.3 is 0 Å². The second-order valence-corrected chi connectivity index (χ2v) is 6.58. The first-order valence-corrected chi connectivity index (χ1v) is 7.00. The fourth-order valence-electron chi connectivity index (χ4n) is 2.00. The number of fused-ring (bicyclic) bond motifs is 1. The molecular weight excluding hydrogens is 256 g/mol. The number of H-pyrrole nitrogens is 1. The molecule has 1 aromatic carbocycles. The fraction of sp³-hybridized carbons (Fsp3) is 0.533. The first-order valence-electron chi connectivity index (χ1n) is 6.59. The highest BCUT2D eigenvalue weighted by molar-refractivity contribution is 7.71. The van der Waals surface area contributed by atoms with E-state index in [0.29, 0.717) is 5.92 Å². The Morgan fingerprint density at radius 1 is 1.37 bits per heavy atom. The number of benzene rings is 1. The van der Waals surface area contributed by atoms with Gasteiger partial charge < -0.3 is 14.3 Å². The molecule has 0 bridgehead atoms. The lowest BCUT2D eigenvalue weighted by Gasteiger charge is -2.27. The lowest BCUT2D eigenvalue weighted by molar-refractivity contribution is 0.234. The number of ether oxygens (including phenoxy) is 1. The summed E-state index contributed by atoms with van der Waals surface area (Å²) >= 11 is 5.44. The van der Waals surface area contributed by atoms with E-state index in [9.17, 15) is 0 Å². The molecule has 1 heterocycles. The number of hydrogen-bond donors (Lipinski definition) is 1. The Labute approximate surface area is 119 Å². The number of hydrogen-bond acceptors (Lipinski definition) is 2. The summed E-state index contributed by atoms with van der Waals surface area (Å²) in [4.78, 5) is 3.26. The molecule has 1 unspecified atom stereocenters. The van der Waals surface area contributed by atoms with Gasteiger partial charge in [-0.15, -0.1) is 0 Å². The summed E-state index contributed by atoms with van der Waals surface area (Å²) in [5.41, 5.74) is 2.44. The topological polar surface area (TPSA) is 29.9 Å². The predicted molar refractivity (Wildman–Crippen MR) is 82.3 cm³/mol. The molecule has 0 spiro atoms. The number of nitrogens with one attached hydrogen (secondary N) is 1. The third kappa shape index (κ3) is 2.84. The largest absolute Gasteiger partial charge is 0.497 e. The standard InChI is InChI=1S/C15H22N2OS/c1-10(15(2,3)4)9-17-13-7-6-11(18-5)8-12(13)16-14(17)19/h6-8,10H,9H2,1-5H3,(H,16,19). The van der Waals surface area contributed by atoms with E-state index in [-0.39, 0.29) is 5.41 Å². The van der Waals surface area contributed by atoms with Gasteiger partial charge in [-0.25, -0.2) is 0 Å². The number of aromatic nitrogens is 2. The van der Waals surface area contributed by atoms with E-state index in [2.05, 4.69) is 43.3 Å². The van der Waals surface area contributed by atoms with E-state index in [1.54, 1.807) is 7.11 Å². The highest BCUT2D eigenvalue weighted by Crippen LogP contribution is 2.29. The molecule has 19 heavy (non-hydrogen) atoms. The molecule has 4 heteroatoms. The molecular formula is C15H22N2OS. The lowest BCUT2D eigenvalue weighted by atomic mass is 9.82. The Morgan fingerprint density at radius 3 is 2.63 bits per heavy atom. The van der Waals surface area contributed by atoms with Crippen LogP contribution in [0.1, 0.15) is 27.7 Å². The van der Waals surface area contributed by atoms with Gasteiger partial charge in [-0.3, -0.25) is 0 Å². The molecule has 0 amide bonds. The van der Waals surface area contributed by atoms with Crippen LogP contribution in [0.3, 0.4) is 0 Å². The third-order valence-electron chi connectivity index (χ3n) is 3.92. The van der Waals surface area contributed by atoms with Crippen LogP contribution in [0.25, 0.3) is 11.0 Å². The normalized spacial score (nSPS) is 13.7. The van der Waals surface area contributed by atoms with Crippen molar-refractivity contribution < 1.29 is 4.74 Å². The number of aromatic amines is 1. The van der Waals surface area contributed by atoms with E-state index in [4.69, 9.17) is 17.0 Å². The van der Waals surface area contributed by atoms with Crippen molar-refractivity contribution in [3.05, 3.63) is 23.0 Å². The Balaban J connectivity index is 2.44. The van der Waals surface area contributed by atoms with Gasteiger partial charge in [0.05, 0.1) is 18.1 Å². The maximum Gasteiger partial charge on any atom is 0.178 e. The van der Waals surface area contributed by atoms with Crippen molar-refractivity contribution in [1.29, 1.82) is 0 Å². The number of imidazole rings is 1. The van der Waals surface area contributed by atoms with E-state index in [0.717, 1.165) is 28.1 Å². The van der Waals surface area contributed by atoms with Crippen LogP contribution < -0.4 is 4.74 Å². The van der Waals surface area contributed by atoms with Crippen molar-refractivity contribution in [3.63, 3.8) is 0 Å². The van der Waals surface area contributed by atoms with Crippen molar-refractivity contribution in [3.8, 4) is 5.75 Å². The van der Waals surface area contributed by atoms with Crippen LogP contribution in [0.2, 0.25) is 0 Å². The molecule has 1 N–H and O–H groups in total. The minimum Gasteiger partial charge on any atom is -0.497 e. The third-order valence-corrected chi connectivity index (χ3v) is 4.24. The Hall–Kier alpha value is -1.29. The predicted octanol–water partition coefficient (Wildman–Crippen LogP) is 4.39. The van der Waals surface area contributed by atoms with Gasteiger partial charge in [-0.1, -0.05) is 27.7 Å². The summed E-state index contributed by atoms with van der Waals surface area (Å²) in [6, 6.07) is 6.03. The molecule has 2 aromatic rings. The highest BCUT2D eigenvalue weighted by Gasteiger charge is 2.21. The van der Waals surface area contributed by atoms with Crippen LogP contribution >= 0.6 is 12.2 Å². The zero-order valence-electron chi connectivity index (χ0n) is 12.3. The summed E-state index contributed by atoms with van der Waals surface area (Å²) in [7, 11) is 1.68. The van der Waals surface area contributed by atoms with Gasteiger partial charge in [-0.2, -0.15) is 0 Å². The molecule has 0 saturated heterocycles. The Kier molecular flexibility index (Phi) is 3.72. The van der Waals surface area contributed by atoms with E-state index in [1.165, 1.54) is 0 Å². The summed E-state index contributed by atoms with van der Waals surface area (Å²) in [5.74, 6) is 1.39. The van der Waals surface area contributed by atoms with Crippen LogP contribution in [-0.2, 0) is 6.54 Å². The average molecular weight is 278 g/mol. The summed E-state index contributed by atoms with van der Waals surface area (Å²) < 4.78 is 8.20. The average Bonchev–Trinajstić information content (AvgIpc) is 2.63. The van der Waals surface area contributed by atoms with Gasteiger partial charge in [0.1, 0.15) is 5.75 Å². The number of nitrogens with zero attached hydrogens (tertiary/aromatic N) is 1. The van der Waals surface area contributed by atoms with Gasteiger partial charge in [0.15, 0.2) is 4.77 Å². The minimum absolute atomic E-state index is 0.269. The van der Waals surface area contributed by atoms with Crippen molar-refractivity contribution in [1.82, 2.24) is 9.55 Å². The van der Waals surface area contributed by atoms with Crippen molar-refractivity contribution >= 4 is 23.3 Å². The van der Waals surface area contributed by atoms with Crippen molar-refractivity contribution in [2.24, 2.45) is 11.3 Å². The van der Waals surface area contributed by atoms with Crippen LogP contribution in [-0.4, -0.2) is 16.7 Å². The number of rotatable bonds is 3. The van der Waals surface area contributed by atoms with Crippen LogP contribution in [0.15, 0.2) is 18.2 Å². The molecule has 2 rings (SSSR count). The maximum absolute atomic E-state index is 5.44. The highest BCUT2D eigenvalue weighted by atomic mass is 32.1. The lowest BCUT2D eigenvalue weighted by Crippen LogP contribution is -2.22. The fourth-order valence-corrected chi connectivity index (χ4v) is 2.28. The molecule has 0 fully saturated rings. The summed E-state index contributed by atoms with van der Waals surface area (Å²) in [5, 5.41) is 0. The van der Waals surface area contributed by atoms with E-state index >= 15 is 0 Å². The van der Waals surface area contributed by atoms with Crippen molar-refractivity contribution in [2.75, 3.05) is 7.11 Å². The second kappa shape index (κ2) is 5.00. The van der Waals surface area contributed by atoms with Crippen LogP contribution in [0.4, 0.5) is 0 Å². The second-order valence-electron chi connectivity index (χ2n) is 6.19. The maximum atomic E-state index is 5.44. The van der Waals surface area contributed by atoms with Crippen LogP contribution in [0.5, 0.6) is 5.75 Å². The molecule has 1 atom stereocenters. The Bertz CT molecular complexity index is 634. The molecule has 0 aliphatic carbocycles. The van der Waals surface area contributed by atoms with E-state index < -0.39 is 0 Å². The first kappa shape index (κ1) is 14.1.